The summed E-state index contributed by atoms with van der Waals surface area (Å²) >= 11 is 1.76. The molecule has 1 aromatic heterocycles. The number of aromatic nitrogens is 1. The number of anilines is 1. The van der Waals surface area contributed by atoms with Crippen molar-refractivity contribution in [2.45, 2.75) is 27.2 Å². The van der Waals surface area contributed by atoms with E-state index in [9.17, 15) is 0 Å². The van der Waals surface area contributed by atoms with Crippen LogP contribution in [-0.4, -0.2) is 12.0 Å². The van der Waals surface area contributed by atoms with Gasteiger partial charge in [-0.15, -0.1) is 11.3 Å². The van der Waals surface area contributed by atoms with E-state index in [0.717, 1.165) is 17.2 Å². The average molecular weight is 260 g/mol. The second-order valence-electron chi connectivity index (χ2n) is 5.00. The minimum absolute atomic E-state index is 0.652. The Labute approximate surface area is 113 Å². The van der Waals surface area contributed by atoms with Gasteiger partial charge in [0.2, 0.25) is 0 Å². The van der Waals surface area contributed by atoms with Crippen LogP contribution in [0.25, 0.3) is 11.3 Å². The molecule has 0 fully saturated rings. The lowest BCUT2D eigenvalue weighted by Crippen LogP contribution is -1.93. The number of nitrogens with zero attached hydrogens (tertiary/aromatic N) is 1. The smallest absolute Gasteiger partial charge is 0.183 e. The van der Waals surface area contributed by atoms with Crippen molar-refractivity contribution in [3.8, 4) is 11.3 Å². The minimum Gasteiger partial charge on any atom is -0.365 e. The normalized spacial score (nSPS) is 10.9. The predicted molar refractivity (Wildman–Crippen MR) is 80.4 cm³/mol. The molecule has 0 spiro atoms. The quantitative estimate of drug-likeness (QED) is 0.883. The molecule has 0 amide bonds. The highest BCUT2D eigenvalue weighted by molar-refractivity contribution is 7.16. The van der Waals surface area contributed by atoms with Crippen LogP contribution in [0.2, 0.25) is 0 Å². The highest BCUT2D eigenvalue weighted by Crippen LogP contribution is 2.32. The summed E-state index contributed by atoms with van der Waals surface area (Å²) in [6, 6.07) is 8.61. The summed E-state index contributed by atoms with van der Waals surface area (Å²) in [5.41, 5.74) is 3.64. The van der Waals surface area contributed by atoms with Gasteiger partial charge in [-0.1, -0.05) is 43.7 Å². The van der Waals surface area contributed by atoms with Gasteiger partial charge in [-0.3, -0.25) is 0 Å². The van der Waals surface area contributed by atoms with Gasteiger partial charge in [-0.05, 0) is 19.3 Å². The highest BCUT2D eigenvalue weighted by atomic mass is 32.1. The third-order valence-electron chi connectivity index (χ3n) is 2.83. The van der Waals surface area contributed by atoms with Crippen molar-refractivity contribution in [3.05, 3.63) is 34.7 Å². The molecular formula is C15H20N2S. The highest BCUT2D eigenvalue weighted by Gasteiger charge is 2.13. The van der Waals surface area contributed by atoms with Crippen molar-refractivity contribution in [3.63, 3.8) is 0 Å². The molecule has 0 bridgehead atoms. The first kappa shape index (κ1) is 13.1. The fourth-order valence-corrected chi connectivity index (χ4v) is 3.05. The Bertz CT molecular complexity index is 512. The van der Waals surface area contributed by atoms with Crippen LogP contribution in [0, 0.1) is 12.8 Å². The fourth-order valence-electron chi connectivity index (χ4n) is 1.90. The Morgan fingerprint density at radius 1 is 1.22 bits per heavy atom. The van der Waals surface area contributed by atoms with Crippen molar-refractivity contribution in [2.75, 3.05) is 12.4 Å². The lowest BCUT2D eigenvalue weighted by Gasteiger charge is -2.05. The number of benzene rings is 1. The second kappa shape index (κ2) is 5.53. The molecule has 2 nitrogen and oxygen atoms in total. The maximum Gasteiger partial charge on any atom is 0.183 e. The molecule has 0 aliphatic heterocycles. The number of thiazole rings is 1. The van der Waals surface area contributed by atoms with Crippen LogP contribution in [0.15, 0.2) is 24.3 Å². The summed E-state index contributed by atoms with van der Waals surface area (Å²) in [6.45, 7) is 6.61. The summed E-state index contributed by atoms with van der Waals surface area (Å²) in [5, 5.41) is 4.15. The molecule has 1 aromatic carbocycles. The lowest BCUT2D eigenvalue weighted by molar-refractivity contribution is 0.654. The molecule has 0 unspecified atom stereocenters. The van der Waals surface area contributed by atoms with Crippen LogP contribution in [0.3, 0.4) is 0 Å². The first-order valence-electron chi connectivity index (χ1n) is 6.34. The van der Waals surface area contributed by atoms with Crippen LogP contribution in [-0.2, 0) is 6.42 Å². The van der Waals surface area contributed by atoms with Crippen LogP contribution in [0.4, 0.5) is 5.13 Å². The van der Waals surface area contributed by atoms with Gasteiger partial charge in [0.05, 0.1) is 5.69 Å². The standard InChI is InChI=1S/C15H20N2S/c1-10(2)9-13-14(17-15(16-4)18-13)12-7-5-11(3)6-8-12/h5-8,10H,9H2,1-4H3,(H,16,17). The van der Waals surface area contributed by atoms with Gasteiger partial charge in [0.1, 0.15) is 0 Å². The predicted octanol–water partition coefficient (Wildman–Crippen LogP) is 4.36. The van der Waals surface area contributed by atoms with Crippen molar-refractivity contribution in [1.82, 2.24) is 4.98 Å². The number of aryl methyl sites for hydroxylation is 1. The summed E-state index contributed by atoms with van der Waals surface area (Å²) in [4.78, 5) is 6.06. The van der Waals surface area contributed by atoms with Crippen LogP contribution in [0.5, 0.6) is 0 Å². The number of nitrogens with one attached hydrogen (secondary N) is 1. The zero-order valence-electron chi connectivity index (χ0n) is 11.4. The Kier molecular flexibility index (Phi) is 4.02. The van der Waals surface area contributed by atoms with E-state index in [0.29, 0.717) is 5.92 Å². The SMILES string of the molecule is CNc1nc(-c2ccc(C)cc2)c(CC(C)C)s1. The molecule has 96 valence electrons. The zero-order valence-corrected chi connectivity index (χ0v) is 12.3. The zero-order chi connectivity index (χ0) is 13.1. The molecule has 0 atom stereocenters. The summed E-state index contributed by atoms with van der Waals surface area (Å²) in [6.07, 6.45) is 1.09. The van der Waals surface area contributed by atoms with E-state index in [4.69, 9.17) is 0 Å². The van der Waals surface area contributed by atoms with E-state index in [1.165, 1.54) is 16.0 Å². The molecular weight excluding hydrogens is 240 g/mol. The van der Waals surface area contributed by atoms with Gasteiger partial charge >= 0.3 is 0 Å². The maximum absolute atomic E-state index is 4.69. The topological polar surface area (TPSA) is 24.9 Å². The van der Waals surface area contributed by atoms with Gasteiger partial charge in [-0.25, -0.2) is 4.98 Å². The molecule has 1 N–H and O–H groups in total. The van der Waals surface area contributed by atoms with Crippen molar-refractivity contribution >= 4 is 16.5 Å². The molecule has 2 rings (SSSR count). The average Bonchev–Trinajstić information content (AvgIpc) is 2.72. The molecule has 0 radical (unpaired) electrons. The van der Waals surface area contributed by atoms with Gasteiger partial charge in [0.25, 0.3) is 0 Å². The first-order chi connectivity index (χ1) is 8.60. The van der Waals surface area contributed by atoms with E-state index >= 15 is 0 Å². The monoisotopic (exact) mass is 260 g/mol. The molecule has 18 heavy (non-hydrogen) atoms. The number of rotatable bonds is 4. The van der Waals surface area contributed by atoms with E-state index in [1.54, 1.807) is 11.3 Å². The number of hydrogen-bond acceptors (Lipinski definition) is 3. The molecule has 2 aromatic rings. The third kappa shape index (κ3) is 2.91. The molecule has 0 aliphatic rings. The van der Waals surface area contributed by atoms with Crippen molar-refractivity contribution in [2.24, 2.45) is 5.92 Å². The summed E-state index contributed by atoms with van der Waals surface area (Å²) in [5.74, 6) is 0.652. The lowest BCUT2D eigenvalue weighted by atomic mass is 10.0. The van der Waals surface area contributed by atoms with E-state index in [2.05, 4.69) is 55.3 Å². The van der Waals surface area contributed by atoms with Crippen LogP contribution in [0.1, 0.15) is 24.3 Å². The largest absolute Gasteiger partial charge is 0.365 e. The Morgan fingerprint density at radius 2 is 1.89 bits per heavy atom. The Hall–Kier alpha value is -1.35. The van der Waals surface area contributed by atoms with E-state index in [1.807, 2.05) is 7.05 Å². The molecule has 0 aliphatic carbocycles. The van der Waals surface area contributed by atoms with Gasteiger partial charge < -0.3 is 5.32 Å². The molecule has 0 saturated carbocycles. The van der Waals surface area contributed by atoms with E-state index in [-0.39, 0.29) is 0 Å². The Morgan fingerprint density at radius 3 is 2.44 bits per heavy atom. The van der Waals surface area contributed by atoms with Gasteiger partial charge in [0, 0.05) is 17.5 Å². The third-order valence-corrected chi connectivity index (χ3v) is 3.93. The second-order valence-corrected chi connectivity index (χ2v) is 6.09. The van der Waals surface area contributed by atoms with Gasteiger partial charge in [-0.2, -0.15) is 0 Å². The minimum atomic E-state index is 0.652. The molecule has 0 saturated heterocycles. The van der Waals surface area contributed by atoms with Crippen LogP contribution < -0.4 is 5.32 Å². The fraction of sp³-hybridized carbons (Fsp3) is 0.400. The molecule has 3 heteroatoms. The summed E-state index contributed by atoms with van der Waals surface area (Å²) in [7, 11) is 1.93. The van der Waals surface area contributed by atoms with E-state index < -0.39 is 0 Å². The Balaban J connectivity index is 2.41. The number of hydrogen-bond donors (Lipinski definition) is 1. The maximum atomic E-state index is 4.69. The van der Waals surface area contributed by atoms with Crippen molar-refractivity contribution in [1.29, 1.82) is 0 Å². The molecule has 1 heterocycles. The van der Waals surface area contributed by atoms with Crippen molar-refractivity contribution < 1.29 is 0 Å². The van der Waals surface area contributed by atoms with Gasteiger partial charge in [0.15, 0.2) is 5.13 Å². The van der Waals surface area contributed by atoms with Crippen LogP contribution >= 0.6 is 11.3 Å². The summed E-state index contributed by atoms with van der Waals surface area (Å²) < 4.78 is 0. The first-order valence-corrected chi connectivity index (χ1v) is 7.16.